The summed E-state index contributed by atoms with van der Waals surface area (Å²) in [5, 5.41) is 0. The second kappa shape index (κ2) is 3.79. The van der Waals surface area contributed by atoms with E-state index in [1.54, 1.807) is 13.8 Å². The van der Waals surface area contributed by atoms with Crippen LogP contribution in [-0.2, 0) is 4.79 Å². The summed E-state index contributed by atoms with van der Waals surface area (Å²) in [5.41, 5.74) is 0. The standard InChI is InChI=1S/C8H14F2O/c1-6(2)7(11)4-5-8(3,9)10/h6H,4-5H2,1-3H3. The third-order valence-electron chi connectivity index (χ3n) is 1.45. The van der Waals surface area contributed by atoms with Gasteiger partial charge in [-0.25, -0.2) is 8.78 Å². The Labute approximate surface area is 65.8 Å². The van der Waals surface area contributed by atoms with Crippen molar-refractivity contribution in [2.45, 2.75) is 39.5 Å². The maximum atomic E-state index is 12.2. The van der Waals surface area contributed by atoms with Crippen molar-refractivity contribution in [1.29, 1.82) is 0 Å². The van der Waals surface area contributed by atoms with E-state index in [-0.39, 0.29) is 24.5 Å². The molecule has 0 bridgehead atoms. The van der Waals surface area contributed by atoms with Crippen LogP contribution < -0.4 is 0 Å². The van der Waals surface area contributed by atoms with E-state index in [2.05, 4.69) is 0 Å². The van der Waals surface area contributed by atoms with Crippen molar-refractivity contribution in [3.8, 4) is 0 Å². The first-order valence-corrected chi connectivity index (χ1v) is 3.73. The summed E-state index contributed by atoms with van der Waals surface area (Å²) < 4.78 is 24.4. The first kappa shape index (κ1) is 10.5. The Morgan fingerprint density at radius 3 is 2.18 bits per heavy atom. The predicted octanol–water partition coefficient (Wildman–Crippen LogP) is 2.65. The van der Waals surface area contributed by atoms with Gasteiger partial charge in [0.1, 0.15) is 5.78 Å². The molecule has 0 aliphatic carbocycles. The number of rotatable bonds is 4. The van der Waals surface area contributed by atoms with Crippen LogP contribution in [0.25, 0.3) is 0 Å². The molecular weight excluding hydrogens is 150 g/mol. The van der Waals surface area contributed by atoms with Crippen LogP contribution in [0.1, 0.15) is 33.6 Å². The molecule has 1 nitrogen and oxygen atoms in total. The van der Waals surface area contributed by atoms with E-state index in [1.807, 2.05) is 0 Å². The van der Waals surface area contributed by atoms with Crippen molar-refractivity contribution in [2.75, 3.05) is 0 Å². The number of ketones is 1. The summed E-state index contributed by atoms with van der Waals surface area (Å²) in [7, 11) is 0. The molecule has 3 heteroatoms. The van der Waals surface area contributed by atoms with Gasteiger partial charge in [0, 0.05) is 18.8 Å². The molecule has 0 saturated carbocycles. The van der Waals surface area contributed by atoms with E-state index in [9.17, 15) is 13.6 Å². The highest BCUT2D eigenvalue weighted by atomic mass is 19.3. The molecule has 0 amide bonds. The number of Topliss-reactive ketones (excluding diaryl/α,β-unsaturated/α-hetero) is 1. The van der Waals surface area contributed by atoms with Gasteiger partial charge < -0.3 is 0 Å². The third kappa shape index (κ3) is 5.95. The Hall–Kier alpha value is -0.470. The van der Waals surface area contributed by atoms with E-state index < -0.39 is 5.92 Å². The zero-order chi connectivity index (χ0) is 9.07. The summed E-state index contributed by atoms with van der Waals surface area (Å²) >= 11 is 0. The van der Waals surface area contributed by atoms with E-state index in [4.69, 9.17) is 0 Å². The third-order valence-corrected chi connectivity index (χ3v) is 1.45. The van der Waals surface area contributed by atoms with Crippen molar-refractivity contribution < 1.29 is 13.6 Å². The maximum Gasteiger partial charge on any atom is 0.245 e. The highest BCUT2D eigenvalue weighted by molar-refractivity contribution is 5.80. The molecule has 0 aliphatic heterocycles. The smallest absolute Gasteiger partial charge is 0.245 e. The zero-order valence-electron chi connectivity index (χ0n) is 7.16. The molecule has 0 N–H and O–H groups in total. The summed E-state index contributed by atoms with van der Waals surface area (Å²) in [6, 6.07) is 0. The summed E-state index contributed by atoms with van der Waals surface area (Å²) in [6.45, 7) is 4.27. The largest absolute Gasteiger partial charge is 0.299 e. The molecule has 0 aromatic heterocycles. The number of hydrogen-bond donors (Lipinski definition) is 0. The minimum atomic E-state index is -2.70. The normalized spacial score (nSPS) is 12.2. The van der Waals surface area contributed by atoms with Crippen LogP contribution in [0.4, 0.5) is 8.78 Å². The number of carbonyl (C=O) groups is 1. The zero-order valence-corrected chi connectivity index (χ0v) is 7.16. The van der Waals surface area contributed by atoms with Gasteiger partial charge in [0.05, 0.1) is 0 Å². The molecule has 0 heterocycles. The first-order chi connectivity index (χ1) is 4.83. The van der Waals surface area contributed by atoms with Crippen LogP contribution in [0.5, 0.6) is 0 Å². The van der Waals surface area contributed by atoms with Gasteiger partial charge in [0.25, 0.3) is 0 Å². The number of alkyl halides is 2. The number of halogens is 2. The van der Waals surface area contributed by atoms with Gasteiger partial charge in [-0.15, -0.1) is 0 Å². The van der Waals surface area contributed by atoms with Crippen LogP contribution in [-0.4, -0.2) is 11.7 Å². The number of carbonyl (C=O) groups excluding carboxylic acids is 1. The molecule has 66 valence electrons. The van der Waals surface area contributed by atoms with Crippen LogP contribution in [0.2, 0.25) is 0 Å². The topological polar surface area (TPSA) is 17.1 Å². The Morgan fingerprint density at radius 2 is 1.91 bits per heavy atom. The number of hydrogen-bond acceptors (Lipinski definition) is 1. The Kier molecular flexibility index (Phi) is 3.63. The second-order valence-electron chi connectivity index (χ2n) is 3.19. The Morgan fingerprint density at radius 1 is 1.45 bits per heavy atom. The van der Waals surface area contributed by atoms with Gasteiger partial charge in [0.15, 0.2) is 0 Å². The minimum Gasteiger partial charge on any atom is -0.299 e. The lowest BCUT2D eigenvalue weighted by atomic mass is 10.0. The molecule has 0 aromatic rings. The van der Waals surface area contributed by atoms with Gasteiger partial charge in [-0.05, 0) is 6.92 Å². The van der Waals surface area contributed by atoms with Gasteiger partial charge >= 0.3 is 0 Å². The highest BCUT2D eigenvalue weighted by Crippen LogP contribution is 2.19. The van der Waals surface area contributed by atoms with Crippen molar-refractivity contribution in [3.05, 3.63) is 0 Å². The van der Waals surface area contributed by atoms with Crippen LogP contribution >= 0.6 is 0 Å². The van der Waals surface area contributed by atoms with Crippen LogP contribution in [0.3, 0.4) is 0 Å². The quantitative estimate of drug-likeness (QED) is 0.624. The van der Waals surface area contributed by atoms with Gasteiger partial charge in [0.2, 0.25) is 5.92 Å². The van der Waals surface area contributed by atoms with Gasteiger partial charge in [-0.2, -0.15) is 0 Å². The van der Waals surface area contributed by atoms with E-state index in [0.717, 1.165) is 6.92 Å². The summed E-state index contributed by atoms with van der Waals surface area (Å²) in [4.78, 5) is 10.9. The molecule has 0 aromatic carbocycles. The van der Waals surface area contributed by atoms with E-state index >= 15 is 0 Å². The van der Waals surface area contributed by atoms with Crippen molar-refractivity contribution in [3.63, 3.8) is 0 Å². The van der Waals surface area contributed by atoms with E-state index in [0.29, 0.717) is 0 Å². The molecule has 0 spiro atoms. The predicted molar refractivity (Wildman–Crippen MR) is 39.7 cm³/mol. The molecular formula is C8H14F2O. The molecule has 0 radical (unpaired) electrons. The Balaban J connectivity index is 3.64. The fourth-order valence-electron chi connectivity index (χ4n) is 0.631. The molecule has 0 saturated heterocycles. The molecule has 11 heavy (non-hydrogen) atoms. The van der Waals surface area contributed by atoms with Crippen molar-refractivity contribution >= 4 is 5.78 Å². The lowest BCUT2D eigenvalue weighted by Crippen LogP contribution is -2.15. The minimum absolute atomic E-state index is 0.0127. The summed E-state index contributed by atoms with van der Waals surface area (Å²) in [5.74, 6) is -2.92. The molecule has 0 aliphatic rings. The fraction of sp³-hybridized carbons (Fsp3) is 0.875. The SMILES string of the molecule is CC(C)C(=O)CCC(C)(F)F. The van der Waals surface area contributed by atoms with Crippen LogP contribution in [0, 0.1) is 5.92 Å². The second-order valence-corrected chi connectivity index (χ2v) is 3.19. The molecule has 0 atom stereocenters. The monoisotopic (exact) mass is 164 g/mol. The van der Waals surface area contributed by atoms with Gasteiger partial charge in [-0.1, -0.05) is 13.8 Å². The average Bonchev–Trinajstić information content (AvgIpc) is 1.80. The van der Waals surface area contributed by atoms with Crippen LogP contribution in [0.15, 0.2) is 0 Å². The lowest BCUT2D eigenvalue weighted by Gasteiger charge is -2.09. The maximum absolute atomic E-state index is 12.2. The van der Waals surface area contributed by atoms with E-state index in [1.165, 1.54) is 0 Å². The fourth-order valence-corrected chi connectivity index (χ4v) is 0.631. The average molecular weight is 164 g/mol. The molecule has 0 unspecified atom stereocenters. The molecule has 0 rings (SSSR count). The van der Waals surface area contributed by atoms with Crippen molar-refractivity contribution in [2.24, 2.45) is 5.92 Å². The summed E-state index contributed by atoms with van der Waals surface area (Å²) in [6.07, 6.45) is -0.342. The highest BCUT2D eigenvalue weighted by Gasteiger charge is 2.22. The van der Waals surface area contributed by atoms with Crippen molar-refractivity contribution in [1.82, 2.24) is 0 Å². The first-order valence-electron chi connectivity index (χ1n) is 3.73. The Bertz CT molecular complexity index is 136. The molecule has 0 fully saturated rings. The lowest BCUT2D eigenvalue weighted by molar-refractivity contribution is -0.123. The van der Waals surface area contributed by atoms with Gasteiger partial charge in [-0.3, -0.25) is 4.79 Å².